The molecule has 5 aromatic rings. The number of nitro benzene ring substituents is 1. The summed E-state index contributed by atoms with van der Waals surface area (Å²) in [5, 5.41) is 25.3. The van der Waals surface area contributed by atoms with Gasteiger partial charge in [0.25, 0.3) is 11.6 Å². The Bertz CT molecular complexity index is 1890. The quantitative estimate of drug-likeness (QED) is 0.0978. The Morgan fingerprint density at radius 1 is 1.18 bits per heavy atom. The molecule has 0 aliphatic heterocycles. The van der Waals surface area contributed by atoms with Crippen LogP contribution in [-0.2, 0) is 19.4 Å². The fourth-order valence-corrected chi connectivity index (χ4v) is 7.46. The first-order chi connectivity index (χ1) is 21.4. The van der Waals surface area contributed by atoms with Crippen molar-refractivity contribution in [1.82, 2.24) is 19.7 Å². The number of hydrogen-bond donors (Lipinski definition) is 1. The molecule has 0 saturated carbocycles. The van der Waals surface area contributed by atoms with Crippen LogP contribution in [0.5, 0.6) is 0 Å². The number of fused-ring (bicyclic) bond motifs is 1. The Morgan fingerprint density at radius 2 is 2.05 bits per heavy atom. The lowest BCUT2D eigenvalue weighted by Gasteiger charge is -2.12. The summed E-state index contributed by atoms with van der Waals surface area (Å²) in [7, 11) is 0. The van der Waals surface area contributed by atoms with Crippen LogP contribution in [0.4, 0.5) is 16.4 Å². The third-order valence-electron chi connectivity index (χ3n) is 7.14. The monoisotopic (exact) mass is 643 g/mol. The summed E-state index contributed by atoms with van der Waals surface area (Å²) < 4.78 is 1.97. The summed E-state index contributed by atoms with van der Waals surface area (Å²) >= 11 is 9.05. The molecule has 0 bridgehead atoms. The number of aryl methyl sites for hydroxylation is 1. The second-order valence-electron chi connectivity index (χ2n) is 9.99. The number of anilines is 1. The summed E-state index contributed by atoms with van der Waals surface area (Å²) in [6.45, 7) is 2.60. The molecular formula is C31H26ClN7O3S2. The van der Waals surface area contributed by atoms with E-state index in [2.05, 4.69) is 20.5 Å². The Kier molecular flexibility index (Phi) is 8.82. The lowest BCUT2D eigenvalue weighted by Crippen LogP contribution is -2.15. The van der Waals surface area contributed by atoms with E-state index in [1.165, 1.54) is 35.2 Å². The first kappa shape index (κ1) is 29.7. The molecular weight excluding hydrogens is 618 g/mol. The molecule has 1 aliphatic rings. The fourth-order valence-electron chi connectivity index (χ4n) is 5.07. The van der Waals surface area contributed by atoms with Crippen LogP contribution in [-0.4, -0.2) is 36.8 Å². The minimum absolute atomic E-state index is 0.0626. The average molecular weight is 644 g/mol. The number of hydrogen-bond acceptors (Lipinski definition) is 9. The van der Waals surface area contributed by atoms with Crippen LogP contribution in [0.15, 0.2) is 82.0 Å². The number of aromatic nitrogens is 4. The van der Waals surface area contributed by atoms with E-state index in [1.54, 1.807) is 42.9 Å². The molecule has 10 nitrogen and oxygen atoms in total. The van der Waals surface area contributed by atoms with E-state index in [4.69, 9.17) is 16.6 Å². The van der Waals surface area contributed by atoms with E-state index >= 15 is 0 Å². The average Bonchev–Trinajstić information content (AvgIpc) is 3.61. The highest BCUT2D eigenvalue weighted by molar-refractivity contribution is 7.99. The normalized spacial score (nSPS) is 12.8. The van der Waals surface area contributed by atoms with E-state index in [0.29, 0.717) is 49.3 Å². The number of amides is 1. The van der Waals surface area contributed by atoms with Gasteiger partial charge in [-0.2, -0.15) is 0 Å². The van der Waals surface area contributed by atoms with Crippen LogP contribution in [0.3, 0.4) is 0 Å². The van der Waals surface area contributed by atoms with Crippen molar-refractivity contribution in [2.45, 2.75) is 49.2 Å². The van der Waals surface area contributed by atoms with Crippen molar-refractivity contribution in [1.29, 1.82) is 0 Å². The topological polar surface area (TPSA) is 128 Å². The second kappa shape index (κ2) is 13.1. The molecule has 0 saturated heterocycles. The molecule has 1 amide bonds. The minimum atomic E-state index is -0.436. The van der Waals surface area contributed by atoms with E-state index in [9.17, 15) is 14.9 Å². The summed E-state index contributed by atoms with van der Waals surface area (Å²) in [4.78, 5) is 35.5. The van der Waals surface area contributed by atoms with Gasteiger partial charge in [-0.25, -0.2) is 4.99 Å². The third kappa shape index (κ3) is 6.28. The van der Waals surface area contributed by atoms with E-state index < -0.39 is 4.92 Å². The van der Waals surface area contributed by atoms with Gasteiger partial charge < -0.3 is 9.88 Å². The number of nitrogens with one attached hydrogen (secondary N) is 1. The number of aliphatic imine (C=N–C) groups is 1. The molecule has 0 fully saturated rings. The van der Waals surface area contributed by atoms with Crippen LogP contribution in [0.1, 0.15) is 46.1 Å². The number of halogens is 1. The van der Waals surface area contributed by atoms with Gasteiger partial charge >= 0.3 is 0 Å². The Hall–Kier alpha value is -4.39. The molecule has 0 atom stereocenters. The van der Waals surface area contributed by atoms with Gasteiger partial charge in [-0.05, 0) is 80.3 Å². The van der Waals surface area contributed by atoms with Crippen molar-refractivity contribution in [2.24, 2.45) is 4.99 Å². The van der Waals surface area contributed by atoms with Crippen LogP contribution in [0, 0.1) is 10.1 Å². The van der Waals surface area contributed by atoms with Crippen molar-refractivity contribution < 1.29 is 9.72 Å². The molecule has 1 aliphatic carbocycles. The first-order valence-electron chi connectivity index (χ1n) is 14.0. The van der Waals surface area contributed by atoms with Gasteiger partial charge in [-0.1, -0.05) is 23.7 Å². The SMILES string of the molecule is CCn1c(Sc2ccc([N+](=O)[O-])cc2C=Nc2sc3c(c2C(=O)Nc2cccnc2)CCCC3)nnc1-c1cccc(Cl)c1. The van der Waals surface area contributed by atoms with Crippen molar-refractivity contribution in [3.8, 4) is 11.4 Å². The standard InChI is InChI=1S/C31H26ClN7O3S2/c1-2-38-28(19-7-5-8-21(32)15-19)36-37-31(38)44-25-13-12-23(39(41)42)16-20(25)17-34-30-27(24-10-3-4-11-26(24)43-30)29(40)35-22-9-6-14-33-18-22/h5-9,12-18H,2-4,10-11H2,1H3,(H,35,40). The Labute approximate surface area is 266 Å². The maximum absolute atomic E-state index is 13.5. The zero-order valence-electron chi connectivity index (χ0n) is 23.6. The number of rotatable bonds is 9. The lowest BCUT2D eigenvalue weighted by atomic mass is 9.95. The van der Waals surface area contributed by atoms with Gasteiger partial charge in [0.1, 0.15) is 5.00 Å². The van der Waals surface area contributed by atoms with Gasteiger partial charge in [-0.3, -0.25) is 19.9 Å². The summed E-state index contributed by atoms with van der Waals surface area (Å²) in [5.41, 5.74) is 3.46. The molecule has 3 aromatic heterocycles. The smallest absolute Gasteiger partial charge is 0.270 e. The number of carbonyl (C=O) groups excluding carboxylic acids is 1. The highest BCUT2D eigenvalue weighted by Crippen LogP contribution is 2.41. The number of nitro groups is 1. The number of thiophene rings is 1. The van der Waals surface area contributed by atoms with Crippen molar-refractivity contribution in [3.05, 3.63) is 104 Å². The predicted octanol–water partition coefficient (Wildman–Crippen LogP) is 8.02. The summed E-state index contributed by atoms with van der Waals surface area (Å²) in [6, 6.07) is 15.6. The molecule has 6 rings (SSSR count). The van der Waals surface area contributed by atoms with Gasteiger partial charge in [-0.15, -0.1) is 21.5 Å². The van der Waals surface area contributed by atoms with Crippen LogP contribution < -0.4 is 5.32 Å². The Balaban J connectivity index is 1.37. The summed E-state index contributed by atoms with van der Waals surface area (Å²) in [6.07, 6.45) is 8.59. The highest BCUT2D eigenvalue weighted by Gasteiger charge is 2.26. The maximum atomic E-state index is 13.5. The molecule has 44 heavy (non-hydrogen) atoms. The van der Waals surface area contributed by atoms with Crippen LogP contribution >= 0.6 is 34.7 Å². The summed E-state index contributed by atoms with van der Waals surface area (Å²) in [5.74, 6) is 0.422. The number of pyridine rings is 1. The van der Waals surface area contributed by atoms with Gasteiger partial charge in [0.15, 0.2) is 11.0 Å². The molecule has 13 heteroatoms. The number of nitrogens with zero attached hydrogens (tertiary/aromatic N) is 6. The van der Waals surface area contributed by atoms with Crippen molar-refractivity contribution >= 4 is 63.2 Å². The lowest BCUT2D eigenvalue weighted by molar-refractivity contribution is -0.384. The maximum Gasteiger partial charge on any atom is 0.270 e. The third-order valence-corrected chi connectivity index (χ3v) is 9.65. The molecule has 2 aromatic carbocycles. The number of carbonyl (C=O) groups is 1. The predicted molar refractivity (Wildman–Crippen MR) is 174 cm³/mol. The minimum Gasteiger partial charge on any atom is -0.320 e. The fraction of sp³-hybridized carbons (Fsp3) is 0.194. The van der Waals surface area contributed by atoms with Crippen LogP contribution in [0.25, 0.3) is 11.4 Å². The van der Waals surface area contributed by atoms with Gasteiger partial charge in [0.2, 0.25) is 0 Å². The Morgan fingerprint density at radius 3 is 2.82 bits per heavy atom. The first-order valence-corrected chi connectivity index (χ1v) is 16.0. The molecule has 222 valence electrons. The molecule has 0 radical (unpaired) electrons. The van der Waals surface area contributed by atoms with Gasteiger partial charge in [0.05, 0.1) is 22.4 Å². The molecule has 0 spiro atoms. The number of benzene rings is 2. The zero-order chi connectivity index (χ0) is 30.6. The second-order valence-corrected chi connectivity index (χ2v) is 12.5. The van der Waals surface area contributed by atoms with E-state index in [-0.39, 0.29) is 11.6 Å². The molecule has 3 heterocycles. The van der Waals surface area contributed by atoms with Gasteiger partial charge in [0, 0.05) is 57.0 Å². The highest BCUT2D eigenvalue weighted by atomic mass is 35.5. The molecule has 0 unspecified atom stereocenters. The van der Waals surface area contributed by atoms with Crippen LogP contribution in [0.2, 0.25) is 5.02 Å². The van der Waals surface area contributed by atoms with E-state index in [1.807, 2.05) is 29.7 Å². The number of non-ortho nitro benzene ring substituents is 1. The zero-order valence-corrected chi connectivity index (χ0v) is 26.0. The largest absolute Gasteiger partial charge is 0.320 e. The van der Waals surface area contributed by atoms with E-state index in [0.717, 1.165) is 41.7 Å². The molecule has 1 N–H and O–H groups in total. The van der Waals surface area contributed by atoms with Crippen molar-refractivity contribution in [3.63, 3.8) is 0 Å². The van der Waals surface area contributed by atoms with Crippen molar-refractivity contribution in [2.75, 3.05) is 5.32 Å².